The second kappa shape index (κ2) is 9.26. The van der Waals surface area contributed by atoms with Gasteiger partial charge < -0.3 is 23.3 Å². The molecule has 0 aromatic carbocycles. The number of imidazole rings is 1. The Kier molecular flexibility index (Phi) is 7.21. The summed E-state index contributed by atoms with van der Waals surface area (Å²) in [6.07, 6.45) is -0.999. The first-order valence-corrected chi connectivity index (χ1v) is 11.6. The van der Waals surface area contributed by atoms with E-state index in [0.717, 1.165) is 0 Å². The summed E-state index contributed by atoms with van der Waals surface area (Å²) in [5, 5.41) is 0. The third-order valence-corrected chi connectivity index (χ3v) is 6.99. The van der Waals surface area contributed by atoms with E-state index in [4.69, 9.17) is 23.3 Å². The molecule has 0 bridgehead atoms. The lowest BCUT2D eigenvalue weighted by Crippen LogP contribution is -2.25. The number of hydrogen-bond acceptors (Lipinski definition) is 9. The van der Waals surface area contributed by atoms with Crippen molar-refractivity contribution >= 4 is 41.4 Å². The molecule has 0 N–H and O–H groups in total. The second-order valence-corrected chi connectivity index (χ2v) is 9.17. The Labute approximate surface area is 174 Å². The molecule has 0 saturated carbocycles. The van der Waals surface area contributed by atoms with Crippen molar-refractivity contribution in [3.05, 3.63) is 12.7 Å². The first-order chi connectivity index (χ1) is 13.4. The van der Waals surface area contributed by atoms with Crippen LogP contribution >= 0.6 is 30.2 Å². The Morgan fingerprint density at radius 2 is 2.00 bits per heavy atom. The molecule has 0 aliphatic carbocycles. The van der Waals surface area contributed by atoms with Crippen molar-refractivity contribution in [2.24, 2.45) is 0 Å². The average Bonchev–Trinajstić information content (AvgIpc) is 3.22. The molecule has 156 valence electrons. The van der Waals surface area contributed by atoms with Crippen LogP contribution in [0.3, 0.4) is 0 Å². The van der Waals surface area contributed by atoms with E-state index in [9.17, 15) is 8.96 Å². The quantitative estimate of drug-likeness (QED) is 0.275. The average molecular weight is 530 g/mol. The molecule has 1 fully saturated rings. The van der Waals surface area contributed by atoms with E-state index in [1.165, 1.54) is 24.3 Å². The Bertz CT molecular complexity index is 847. The van der Waals surface area contributed by atoms with Crippen molar-refractivity contribution in [3.8, 4) is 5.88 Å². The molecule has 2 aromatic heterocycles. The molecule has 0 amide bonds. The van der Waals surface area contributed by atoms with Gasteiger partial charge in [0.2, 0.25) is 5.88 Å². The first-order valence-electron chi connectivity index (χ1n) is 8.59. The lowest BCUT2D eigenvalue weighted by atomic mass is 10.3. The minimum absolute atomic E-state index is 0.205. The maximum Gasteiger partial charge on any atom is 0.356 e. The smallest absolute Gasteiger partial charge is 0.356 e. The van der Waals surface area contributed by atoms with E-state index < -0.39 is 30.2 Å². The van der Waals surface area contributed by atoms with Crippen molar-refractivity contribution in [2.75, 3.05) is 26.7 Å². The third kappa shape index (κ3) is 4.31. The van der Waals surface area contributed by atoms with Crippen LogP contribution in [0.5, 0.6) is 5.88 Å². The van der Waals surface area contributed by atoms with Crippen LogP contribution in [0.4, 0.5) is 4.39 Å². The molecule has 4 atom stereocenters. The van der Waals surface area contributed by atoms with Crippen molar-refractivity contribution in [3.63, 3.8) is 0 Å². The van der Waals surface area contributed by atoms with Gasteiger partial charge in [-0.1, -0.05) is 22.6 Å². The van der Waals surface area contributed by atoms with Crippen LogP contribution in [0.25, 0.3) is 11.2 Å². The highest BCUT2D eigenvalue weighted by Crippen LogP contribution is 2.49. The van der Waals surface area contributed by atoms with Crippen LogP contribution in [0.15, 0.2) is 12.7 Å². The number of aromatic nitrogens is 4. The van der Waals surface area contributed by atoms with Crippen LogP contribution in [0.1, 0.15) is 20.1 Å². The number of hydrogen-bond donors (Lipinski definition) is 0. The van der Waals surface area contributed by atoms with Gasteiger partial charge in [-0.15, -0.1) is 0 Å². The van der Waals surface area contributed by atoms with E-state index in [1.54, 1.807) is 13.8 Å². The van der Waals surface area contributed by atoms with Gasteiger partial charge in [0.25, 0.3) is 0 Å². The van der Waals surface area contributed by atoms with Crippen molar-refractivity contribution in [2.45, 2.75) is 36.5 Å². The summed E-state index contributed by atoms with van der Waals surface area (Å²) in [4.78, 5) is 12.3. The Morgan fingerprint density at radius 1 is 1.29 bits per heavy atom. The standard InChI is InChI=1S/C15H21FIN4O6P/c1-4-25-28(22,26-5-2)8-24-15-10(17)9(16)14(27-15)21-7-20-11-12(21)18-6-19-13(11)23-3/h6-7,9-10,14-15H,4-5,8H2,1-3H3/t9-,10-,14+,15-/m0/s1. The fourth-order valence-electron chi connectivity index (χ4n) is 2.78. The molecule has 13 heteroatoms. The van der Waals surface area contributed by atoms with Gasteiger partial charge in [-0.2, -0.15) is 4.98 Å². The topological polar surface area (TPSA) is 107 Å². The lowest BCUT2D eigenvalue weighted by molar-refractivity contribution is -0.141. The van der Waals surface area contributed by atoms with Gasteiger partial charge in [0.1, 0.15) is 6.33 Å². The van der Waals surface area contributed by atoms with Gasteiger partial charge in [-0.3, -0.25) is 9.13 Å². The molecule has 3 rings (SSSR count). The largest absolute Gasteiger partial charge is 0.479 e. The minimum atomic E-state index is -3.43. The molecular weight excluding hydrogens is 509 g/mol. The number of nitrogens with zero attached hydrogens (tertiary/aromatic N) is 4. The molecule has 10 nitrogen and oxygen atoms in total. The number of alkyl halides is 2. The fourth-order valence-corrected chi connectivity index (χ4v) is 4.85. The summed E-state index contributed by atoms with van der Waals surface area (Å²) in [5.74, 6) is 0.283. The minimum Gasteiger partial charge on any atom is -0.479 e. The first kappa shape index (κ1) is 21.8. The lowest BCUT2D eigenvalue weighted by Gasteiger charge is -2.20. The third-order valence-electron chi connectivity index (χ3n) is 3.95. The summed E-state index contributed by atoms with van der Waals surface area (Å²) < 4.78 is 55.1. The zero-order valence-electron chi connectivity index (χ0n) is 15.5. The number of methoxy groups -OCH3 is 1. The Hall–Kier alpha value is -0.920. The van der Waals surface area contributed by atoms with Crippen molar-refractivity contribution in [1.29, 1.82) is 0 Å². The highest BCUT2D eigenvalue weighted by atomic mass is 127. The van der Waals surface area contributed by atoms with Gasteiger partial charge in [0.05, 0.1) is 30.6 Å². The van der Waals surface area contributed by atoms with Gasteiger partial charge in [-0.05, 0) is 13.8 Å². The molecule has 0 radical (unpaired) electrons. The molecule has 2 aromatic rings. The number of rotatable bonds is 9. The van der Waals surface area contributed by atoms with E-state index in [0.29, 0.717) is 11.2 Å². The second-order valence-electron chi connectivity index (χ2n) is 5.73. The van der Waals surface area contributed by atoms with Crippen LogP contribution in [0, 0.1) is 0 Å². The summed E-state index contributed by atoms with van der Waals surface area (Å²) in [7, 11) is -1.97. The molecule has 28 heavy (non-hydrogen) atoms. The monoisotopic (exact) mass is 530 g/mol. The fraction of sp³-hybridized carbons (Fsp3) is 0.667. The zero-order chi connectivity index (χ0) is 20.3. The molecule has 3 heterocycles. The van der Waals surface area contributed by atoms with Crippen LogP contribution < -0.4 is 4.74 Å². The summed E-state index contributed by atoms with van der Waals surface area (Å²) in [6, 6.07) is 0. The molecule has 1 saturated heterocycles. The predicted octanol–water partition coefficient (Wildman–Crippen LogP) is 3.07. The van der Waals surface area contributed by atoms with E-state index in [2.05, 4.69) is 15.0 Å². The number of ether oxygens (including phenoxy) is 3. The zero-order valence-corrected chi connectivity index (χ0v) is 18.6. The summed E-state index contributed by atoms with van der Waals surface area (Å²) in [5.41, 5.74) is 0.769. The van der Waals surface area contributed by atoms with Crippen LogP contribution in [-0.2, 0) is 23.1 Å². The maximum atomic E-state index is 15.0. The number of halogens is 2. The SMILES string of the molecule is CCOP(=O)(CO[C@H]1O[C@@H](n2cnc3c(OC)ncnc32)[C@@H](F)[C@@H]1I)OCC. The summed E-state index contributed by atoms with van der Waals surface area (Å²) >= 11 is 1.90. The Balaban J connectivity index is 1.77. The maximum absolute atomic E-state index is 15.0. The predicted molar refractivity (Wildman–Crippen MR) is 105 cm³/mol. The summed E-state index contributed by atoms with van der Waals surface area (Å²) in [6.45, 7) is 3.81. The van der Waals surface area contributed by atoms with Gasteiger partial charge in [0.15, 0.2) is 36.2 Å². The van der Waals surface area contributed by atoms with Crippen LogP contribution in [-0.4, -0.2) is 62.6 Å². The Morgan fingerprint density at radius 3 is 2.64 bits per heavy atom. The van der Waals surface area contributed by atoms with Gasteiger partial charge >= 0.3 is 7.60 Å². The molecule has 1 aliphatic rings. The molecule has 1 aliphatic heterocycles. The van der Waals surface area contributed by atoms with Gasteiger partial charge in [-0.25, -0.2) is 14.4 Å². The van der Waals surface area contributed by atoms with Gasteiger partial charge in [0, 0.05) is 0 Å². The number of fused-ring (bicyclic) bond motifs is 1. The van der Waals surface area contributed by atoms with E-state index in [1.807, 2.05) is 22.6 Å². The molecule has 0 unspecified atom stereocenters. The highest BCUT2D eigenvalue weighted by Gasteiger charge is 2.47. The highest BCUT2D eigenvalue weighted by molar-refractivity contribution is 14.1. The molecule has 0 spiro atoms. The van der Waals surface area contributed by atoms with Crippen molar-refractivity contribution < 1.29 is 32.2 Å². The normalized spacial score (nSPS) is 25.5. The van der Waals surface area contributed by atoms with Crippen molar-refractivity contribution in [1.82, 2.24) is 19.5 Å². The van der Waals surface area contributed by atoms with Crippen LogP contribution in [0.2, 0.25) is 0 Å². The van der Waals surface area contributed by atoms with E-state index >= 15 is 0 Å². The van der Waals surface area contributed by atoms with E-state index in [-0.39, 0.29) is 25.4 Å². The molecular formula is C15H21FIN4O6P.